The van der Waals surface area contributed by atoms with Crippen LogP contribution in [0.1, 0.15) is 97.8 Å². The number of esters is 1. The summed E-state index contributed by atoms with van der Waals surface area (Å²) in [5.74, 6) is 0.720. The van der Waals surface area contributed by atoms with Crippen LogP contribution >= 0.6 is 0 Å². The number of allylic oxidation sites excluding steroid dienone is 1. The van der Waals surface area contributed by atoms with Crippen LogP contribution in [0.5, 0.6) is 0 Å². The van der Waals surface area contributed by atoms with Gasteiger partial charge in [-0.3, -0.25) is 9.59 Å². The van der Waals surface area contributed by atoms with E-state index in [0.29, 0.717) is 31.0 Å². The molecule has 0 bridgehead atoms. The van der Waals surface area contributed by atoms with Gasteiger partial charge in [-0.25, -0.2) is 0 Å². The Labute approximate surface area is 160 Å². The maximum absolute atomic E-state index is 11.1. The van der Waals surface area contributed by atoms with Gasteiger partial charge in [0.2, 0.25) is 0 Å². The van der Waals surface area contributed by atoms with E-state index in [1.54, 1.807) is 0 Å². The smallest absolute Gasteiger partial charge is 0.305 e. The summed E-state index contributed by atoms with van der Waals surface area (Å²) < 4.78 is 4.49. The zero-order valence-electron chi connectivity index (χ0n) is 17.4. The third-order valence-electron chi connectivity index (χ3n) is 4.78. The summed E-state index contributed by atoms with van der Waals surface area (Å²) in [4.78, 5) is 21.6. The van der Waals surface area contributed by atoms with Gasteiger partial charge in [-0.15, -0.1) is 0 Å². The Morgan fingerprint density at radius 3 is 2.46 bits per heavy atom. The molecule has 0 aromatic carbocycles. The van der Waals surface area contributed by atoms with Gasteiger partial charge in [0.05, 0.1) is 12.7 Å². The van der Waals surface area contributed by atoms with Crippen molar-refractivity contribution < 1.29 is 19.4 Å². The van der Waals surface area contributed by atoms with Gasteiger partial charge in [0.25, 0.3) is 0 Å². The summed E-state index contributed by atoms with van der Waals surface area (Å²) in [5, 5.41) is 10.1. The molecular weight excluding hydrogens is 328 g/mol. The molecule has 2 unspecified atom stereocenters. The summed E-state index contributed by atoms with van der Waals surface area (Å²) in [6.07, 6.45) is 15.5. The number of ketones is 1. The van der Waals surface area contributed by atoms with Crippen molar-refractivity contribution in [1.82, 2.24) is 0 Å². The molecule has 4 heteroatoms. The Morgan fingerprint density at radius 1 is 1.23 bits per heavy atom. The number of ether oxygens (including phenoxy) is 1. The summed E-state index contributed by atoms with van der Waals surface area (Å²) in [5.41, 5.74) is -0.574. The molecule has 0 amide bonds. The Bertz CT molecular complexity index is 412. The lowest BCUT2D eigenvalue weighted by Gasteiger charge is -2.21. The van der Waals surface area contributed by atoms with Gasteiger partial charge in [0, 0.05) is 19.3 Å². The second-order valence-electron chi connectivity index (χ2n) is 7.66. The number of Topliss-reactive ketones (excluding diaryl/α,β-unsaturated/α-hetero) is 1. The molecule has 1 fully saturated rings. The van der Waals surface area contributed by atoms with Crippen molar-refractivity contribution in [1.29, 1.82) is 0 Å². The number of rotatable bonds is 11. The first-order valence-electron chi connectivity index (χ1n) is 10.3. The van der Waals surface area contributed by atoms with Crippen LogP contribution in [0.4, 0.5) is 0 Å². The number of hydrogen-bond donors (Lipinski definition) is 1. The molecule has 0 aromatic heterocycles. The third-order valence-corrected chi connectivity index (χ3v) is 4.78. The van der Waals surface area contributed by atoms with Crippen molar-refractivity contribution in [2.45, 2.75) is 103 Å². The lowest BCUT2D eigenvalue weighted by molar-refractivity contribution is -0.140. The molecule has 2 atom stereocenters. The van der Waals surface area contributed by atoms with Crippen LogP contribution in [-0.4, -0.2) is 29.6 Å². The van der Waals surface area contributed by atoms with Crippen molar-refractivity contribution in [3.05, 3.63) is 12.2 Å². The van der Waals surface area contributed by atoms with E-state index in [4.69, 9.17) is 0 Å². The number of carbonyl (C=O) groups is 2. The van der Waals surface area contributed by atoms with Crippen LogP contribution in [0, 0.1) is 5.92 Å². The highest BCUT2D eigenvalue weighted by Crippen LogP contribution is 2.24. The van der Waals surface area contributed by atoms with Crippen molar-refractivity contribution in [3.63, 3.8) is 0 Å². The molecule has 1 N–H and O–H groups in total. The quantitative estimate of drug-likeness (QED) is 0.302. The van der Waals surface area contributed by atoms with Crippen LogP contribution in [0.15, 0.2) is 12.2 Å². The molecule has 4 nitrogen and oxygen atoms in total. The first kappa shape index (κ1) is 24.8. The van der Waals surface area contributed by atoms with E-state index in [-0.39, 0.29) is 5.97 Å². The van der Waals surface area contributed by atoms with E-state index in [0.717, 1.165) is 44.9 Å². The van der Waals surface area contributed by atoms with Gasteiger partial charge < -0.3 is 9.84 Å². The lowest BCUT2D eigenvalue weighted by atomic mass is 9.94. The molecule has 0 heterocycles. The third kappa shape index (κ3) is 14.1. The normalized spacial score (nSPS) is 19.1. The molecule has 0 spiro atoms. The zero-order chi connectivity index (χ0) is 19.8. The minimum absolute atomic E-state index is 0.0869. The van der Waals surface area contributed by atoms with Crippen LogP contribution in [0.25, 0.3) is 0 Å². The number of methoxy groups -OCH3 is 1. The topological polar surface area (TPSA) is 63.6 Å². The highest BCUT2D eigenvalue weighted by molar-refractivity contribution is 5.80. The number of hydrogen-bond acceptors (Lipinski definition) is 4. The first-order valence-corrected chi connectivity index (χ1v) is 10.3. The summed E-state index contributed by atoms with van der Waals surface area (Å²) in [7, 11) is 1.43. The molecule has 1 rings (SSSR count). The highest BCUT2D eigenvalue weighted by atomic mass is 16.5. The fourth-order valence-electron chi connectivity index (χ4n) is 2.98. The maximum Gasteiger partial charge on any atom is 0.305 e. The SMILES string of the molecule is CCCCC(C)(O)C/C=C/C1CCC(=O)C1.CCCCCCC(=O)OC. The summed E-state index contributed by atoms with van der Waals surface area (Å²) >= 11 is 0. The van der Waals surface area contributed by atoms with Crippen molar-refractivity contribution in [2.24, 2.45) is 5.92 Å². The van der Waals surface area contributed by atoms with Crippen molar-refractivity contribution >= 4 is 11.8 Å². The van der Waals surface area contributed by atoms with Gasteiger partial charge in [0.15, 0.2) is 0 Å². The zero-order valence-corrected chi connectivity index (χ0v) is 17.4. The number of unbranched alkanes of at least 4 members (excludes halogenated alkanes) is 4. The Morgan fingerprint density at radius 2 is 1.92 bits per heavy atom. The molecule has 152 valence electrons. The Balaban J connectivity index is 0.000000541. The van der Waals surface area contributed by atoms with Gasteiger partial charge in [-0.1, -0.05) is 58.1 Å². The van der Waals surface area contributed by atoms with Crippen LogP contribution in [-0.2, 0) is 14.3 Å². The van der Waals surface area contributed by atoms with Crippen LogP contribution < -0.4 is 0 Å². The summed E-state index contributed by atoms with van der Waals surface area (Å²) in [6.45, 7) is 6.18. The second kappa shape index (κ2) is 15.0. The lowest BCUT2D eigenvalue weighted by Crippen LogP contribution is -2.22. The molecule has 1 saturated carbocycles. The van der Waals surface area contributed by atoms with E-state index in [9.17, 15) is 14.7 Å². The average molecular weight is 369 g/mol. The molecule has 0 saturated heterocycles. The molecular formula is C22H40O4. The van der Waals surface area contributed by atoms with E-state index in [1.807, 2.05) is 6.92 Å². The van der Waals surface area contributed by atoms with Gasteiger partial charge in [0.1, 0.15) is 5.78 Å². The standard InChI is InChI=1S/C14H24O2.C8H16O2/c1-3-4-9-14(2,16)10-5-6-12-7-8-13(15)11-12;1-3-4-5-6-7-8(9)10-2/h5-6,12,16H,3-4,7-11H2,1-2H3;3-7H2,1-2H3/b6-5+;. The van der Waals surface area contributed by atoms with Crippen LogP contribution in [0.2, 0.25) is 0 Å². The van der Waals surface area contributed by atoms with E-state index in [2.05, 4.69) is 30.7 Å². The second-order valence-corrected chi connectivity index (χ2v) is 7.66. The van der Waals surface area contributed by atoms with E-state index in [1.165, 1.54) is 20.0 Å². The Hall–Kier alpha value is -1.16. The van der Waals surface area contributed by atoms with Crippen molar-refractivity contribution in [2.75, 3.05) is 7.11 Å². The molecule has 0 radical (unpaired) electrons. The van der Waals surface area contributed by atoms with Gasteiger partial charge in [-0.05, 0) is 38.5 Å². The number of carbonyl (C=O) groups excluding carboxylic acids is 2. The summed E-state index contributed by atoms with van der Waals surface area (Å²) in [6, 6.07) is 0. The largest absolute Gasteiger partial charge is 0.469 e. The monoisotopic (exact) mass is 368 g/mol. The average Bonchev–Trinajstić information content (AvgIpc) is 3.02. The minimum atomic E-state index is -0.574. The molecule has 0 aromatic rings. The molecule has 0 aliphatic heterocycles. The number of aliphatic hydroxyl groups is 1. The minimum Gasteiger partial charge on any atom is -0.469 e. The van der Waals surface area contributed by atoms with Gasteiger partial charge in [-0.2, -0.15) is 0 Å². The first-order chi connectivity index (χ1) is 12.3. The predicted molar refractivity (Wildman–Crippen MR) is 107 cm³/mol. The highest BCUT2D eigenvalue weighted by Gasteiger charge is 2.21. The predicted octanol–water partition coefficient (Wildman–Crippen LogP) is 5.37. The van der Waals surface area contributed by atoms with E-state index < -0.39 is 5.60 Å². The molecule has 26 heavy (non-hydrogen) atoms. The Kier molecular flexibility index (Phi) is 14.3. The molecule has 1 aliphatic rings. The van der Waals surface area contributed by atoms with E-state index >= 15 is 0 Å². The fourth-order valence-corrected chi connectivity index (χ4v) is 2.98. The maximum atomic E-state index is 11.1. The van der Waals surface area contributed by atoms with Crippen molar-refractivity contribution in [3.8, 4) is 0 Å². The van der Waals surface area contributed by atoms with Crippen LogP contribution in [0.3, 0.4) is 0 Å². The fraction of sp³-hybridized carbons (Fsp3) is 0.818. The van der Waals surface area contributed by atoms with Gasteiger partial charge >= 0.3 is 5.97 Å². The molecule has 1 aliphatic carbocycles.